The lowest BCUT2D eigenvalue weighted by Crippen LogP contribution is -2.13. The van der Waals surface area contributed by atoms with Crippen LogP contribution in [-0.2, 0) is 14.3 Å². The van der Waals surface area contributed by atoms with Gasteiger partial charge in [-0.2, -0.15) is 0 Å². The van der Waals surface area contributed by atoms with Crippen molar-refractivity contribution in [2.45, 2.75) is 0 Å². The minimum absolute atomic E-state index is 0.123. The van der Waals surface area contributed by atoms with E-state index in [0.29, 0.717) is 23.5 Å². The molecule has 4 aromatic rings. The predicted octanol–water partition coefficient (Wildman–Crippen LogP) is 4.71. The van der Waals surface area contributed by atoms with Crippen molar-refractivity contribution in [1.82, 2.24) is 0 Å². The first-order valence-electron chi connectivity index (χ1n) is 11.1. The quantitative estimate of drug-likeness (QED) is 0.186. The molecule has 0 aliphatic heterocycles. The highest BCUT2D eigenvalue weighted by Gasteiger charge is 2.22. The number of thiophene rings is 1. The van der Waals surface area contributed by atoms with E-state index in [1.54, 1.807) is 66.7 Å². The van der Waals surface area contributed by atoms with Crippen molar-refractivity contribution in [2.75, 3.05) is 33.0 Å². The second-order valence-electron chi connectivity index (χ2n) is 7.79. The van der Waals surface area contributed by atoms with Crippen LogP contribution in [0.15, 0.2) is 66.7 Å². The normalized spacial score (nSPS) is 11.0. The van der Waals surface area contributed by atoms with Gasteiger partial charge in [-0.25, -0.2) is 4.79 Å². The fraction of sp³-hybridized carbons (Fsp3) is 0.185. The Bertz CT molecular complexity index is 1340. The van der Waals surface area contributed by atoms with Crippen LogP contribution in [0.1, 0.15) is 15.9 Å². The van der Waals surface area contributed by atoms with Crippen molar-refractivity contribution in [2.24, 2.45) is 0 Å². The molecule has 36 heavy (non-hydrogen) atoms. The van der Waals surface area contributed by atoms with Crippen LogP contribution < -0.4 is 4.74 Å². The molecule has 186 valence electrons. The molecule has 0 radical (unpaired) electrons. The number of hydrogen-bond donors (Lipinski definition) is 3. The molecule has 4 rings (SSSR count). The van der Waals surface area contributed by atoms with Gasteiger partial charge in [0.2, 0.25) is 0 Å². The van der Waals surface area contributed by atoms with Gasteiger partial charge in [0, 0.05) is 26.1 Å². The average molecular weight is 509 g/mol. The van der Waals surface area contributed by atoms with Crippen LogP contribution in [0.3, 0.4) is 0 Å². The molecule has 0 saturated carbocycles. The van der Waals surface area contributed by atoms with Crippen LogP contribution in [-0.4, -0.2) is 60.1 Å². The molecule has 0 atom stereocenters. The molecule has 3 N–H and O–H groups in total. The fourth-order valence-corrected chi connectivity index (χ4v) is 4.81. The van der Waals surface area contributed by atoms with E-state index in [0.717, 1.165) is 20.5 Å². The number of rotatable bonds is 12. The van der Waals surface area contributed by atoms with Gasteiger partial charge < -0.3 is 29.5 Å². The van der Waals surface area contributed by atoms with Crippen LogP contribution in [0.25, 0.3) is 20.5 Å². The molecule has 0 aliphatic rings. The summed E-state index contributed by atoms with van der Waals surface area (Å²) in [5.41, 5.74) is 1.82. The number of carboxylic acids is 1. The smallest absolute Gasteiger partial charge is 0.329 e. The molecule has 3 aromatic carbocycles. The summed E-state index contributed by atoms with van der Waals surface area (Å²) >= 11 is 1.41. The molecule has 0 bridgehead atoms. The average Bonchev–Trinajstić information content (AvgIpc) is 3.24. The Morgan fingerprint density at radius 2 is 1.44 bits per heavy atom. The maximum absolute atomic E-state index is 13.6. The highest BCUT2D eigenvalue weighted by Crippen LogP contribution is 2.41. The first-order valence-corrected chi connectivity index (χ1v) is 11.9. The molecule has 0 saturated heterocycles. The van der Waals surface area contributed by atoms with Gasteiger partial charge in [-0.1, -0.05) is 0 Å². The highest BCUT2D eigenvalue weighted by molar-refractivity contribution is 7.22. The van der Waals surface area contributed by atoms with Gasteiger partial charge in [0.25, 0.3) is 0 Å². The van der Waals surface area contributed by atoms with Crippen molar-refractivity contribution in [3.8, 4) is 27.7 Å². The van der Waals surface area contributed by atoms with Gasteiger partial charge in [0.05, 0.1) is 19.8 Å². The molecule has 0 spiro atoms. The summed E-state index contributed by atoms with van der Waals surface area (Å²) in [6.07, 6.45) is 0. The Kier molecular flexibility index (Phi) is 8.17. The largest absolute Gasteiger partial charge is 0.508 e. The molecule has 1 heterocycles. The number of aromatic hydroxyl groups is 2. The fourth-order valence-electron chi connectivity index (χ4n) is 3.57. The zero-order valence-corrected chi connectivity index (χ0v) is 20.0. The van der Waals surface area contributed by atoms with Crippen LogP contribution in [0.2, 0.25) is 0 Å². The highest BCUT2D eigenvalue weighted by atomic mass is 32.1. The summed E-state index contributed by atoms with van der Waals surface area (Å²) in [4.78, 5) is 24.7. The van der Waals surface area contributed by atoms with Gasteiger partial charge in [-0.15, -0.1) is 11.3 Å². The lowest BCUT2D eigenvalue weighted by Gasteiger charge is -2.09. The van der Waals surface area contributed by atoms with Gasteiger partial charge in [0.1, 0.15) is 30.5 Å². The summed E-state index contributed by atoms with van der Waals surface area (Å²) in [5, 5.41) is 28.8. The Hall–Kier alpha value is -3.92. The number of carbonyl (C=O) groups is 2. The summed E-state index contributed by atoms with van der Waals surface area (Å²) < 4.78 is 16.6. The van der Waals surface area contributed by atoms with Crippen LogP contribution in [0.5, 0.6) is 17.2 Å². The van der Waals surface area contributed by atoms with Crippen molar-refractivity contribution in [3.63, 3.8) is 0 Å². The van der Waals surface area contributed by atoms with Crippen LogP contribution in [0, 0.1) is 0 Å². The first-order chi connectivity index (χ1) is 17.4. The van der Waals surface area contributed by atoms with E-state index >= 15 is 0 Å². The molecule has 0 fully saturated rings. The molecule has 9 heteroatoms. The van der Waals surface area contributed by atoms with Crippen LogP contribution in [0.4, 0.5) is 0 Å². The lowest BCUT2D eigenvalue weighted by atomic mass is 9.97. The second kappa shape index (κ2) is 11.7. The Balaban J connectivity index is 1.44. The van der Waals surface area contributed by atoms with E-state index in [4.69, 9.17) is 19.3 Å². The van der Waals surface area contributed by atoms with E-state index in [-0.39, 0.29) is 43.7 Å². The molecule has 1 aromatic heterocycles. The maximum Gasteiger partial charge on any atom is 0.329 e. The molecular formula is C27H24O8S. The predicted molar refractivity (Wildman–Crippen MR) is 135 cm³/mol. The third-order valence-corrected chi connectivity index (χ3v) is 6.44. The number of phenols is 2. The summed E-state index contributed by atoms with van der Waals surface area (Å²) in [7, 11) is 0. The molecule has 0 amide bonds. The second-order valence-corrected chi connectivity index (χ2v) is 8.85. The number of ketones is 1. The minimum atomic E-state index is -1.02. The van der Waals surface area contributed by atoms with Crippen molar-refractivity contribution in [3.05, 3.63) is 77.9 Å². The zero-order valence-electron chi connectivity index (χ0n) is 19.2. The Morgan fingerprint density at radius 3 is 2.17 bits per heavy atom. The zero-order chi connectivity index (χ0) is 25.5. The Labute approximate surface area is 210 Å². The SMILES string of the molecule is O=C(O)COCCOCCOc1ccc(C(=O)c2c(-c3ccc(O)cc3)sc3cc(O)ccc23)cc1. The minimum Gasteiger partial charge on any atom is -0.508 e. The van der Waals surface area contributed by atoms with Crippen molar-refractivity contribution in [1.29, 1.82) is 0 Å². The third-order valence-electron chi connectivity index (χ3n) is 5.24. The van der Waals surface area contributed by atoms with E-state index in [1.807, 2.05) is 0 Å². The molecular weight excluding hydrogens is 484 g/mol. The number of aliphatic carboxylic acids is 1. The maximum atomic E-state index is 13.6. The first kappa shape index (κ1) is 25.2. The van der Waals surface area contributed by atoms with Crippen molar-refractivity contribution < 1.29 is 39.1 Å². The van der Waals surface area contributed by atoms with E-state index in [9.17, 15) is 19.8 Å². The summed E-state index contributed by atoms with van der Waals surface area (Å²) in [6, 6.07) is 18.4. The number of ether oxygens (including phenoxy) is 3. The van der Waals surface area contributed by atoms with Crippen molar-refractivity contribution >= 4 is 33.2 Å². The standard InChI is InChI=1S/C27H24O8S/c28-19-5-1-18(2-6-19)27-25(22-10-7-20(29)15-23(22)36-27)26(32)17-3-8-21(9-4-17)35-14-13-33-11-12-34-16-24(30)31/h1-10,15,28-29H,11-14,16H2,(H,30,31). The van der Waals surface area contributed by atoms with E-state index in [1.165, 1.54) is 11.3 Å². The topological polar surface area (TPSA) is 123 Å². The number of hydrogen-bond acceptors (Lipinski definition) is 8. The van der Waals surface area contributed by atoms with E-state index < -0.39 is 5.97 Å². The van der Waals surface area contributed by atoms with Gasteiger partial charge in [-0.3, -0.25) is 4.79 Å². The van der Waals surface area contributed by atoms with Crippen LogP contribution >= 0.6 is 11.3 Å². The summed E-state index contributed by atoms with van der Waals surface area (Å²) in [5.74, 6) is -0.345. The number of carboxylic acid groups (broad SMARTS) is 1. The number of benzene rings is 3. The molecule has 0 unspecified atom stereocenters. The number of carbonyl (C=O) groups excluding carboxylic acids is 1. The molecule has 0 aliphatic carbocycles. The third kappa shape index (κ3) is 6.19. The lowest BCUT2D eigenvalue weighted by molar-refractivity contribution is -0.142. The Morgan fingerprint density at radius 1 is 0.778 bits per heavy atom. The molecule has 8 nitrogen and oxygen atoms in total. The summed E-state index contributed by atoms with van der Waals surface area (Å²) in [6.45, 7) is 0.688. The monoisotopic (exact) mass is 508 g/mol. The van der Waals surface area contributed by atoms with Gasteiger partial charge in [-0.05, 0) is 72.3 Å². The number of phenolic OH excluding ortho intramolecular Hbond substituents is 2. The van der Waals surface area contributed by atoms with Gasteiger partial charge in [0.15, 0.2) is 5.78 Å². The van der Waals surface area contributed by atoms with E-state index in [2.05, 4.69) is 0 Å². The van der Waals surface area contributed by atoms with Gasteiger partial charge >= 0.3 is 5.97 Å². The number of fused-ring (bicyclic) bond motifs is 1.